The van der Waals surface area contributed by atoms with E-state index < -0.39 is 5.97 Å². The molecular formula is C19H19NO6. The van der Waals surface area contributed by atoms with Gasteiger partial charge in [-0.05, 0) is 30.3 Å². The lowest BCUT2D eigenvalue weighted by Crippen LogP contribution is -2.06. The predicted molar refractivity (Wildman–Crippen MR) is 96.1 cm³/mol. The van der Waals surface area contributed by atoms with Gasteiger partial charge in [0.1, 0.15) is 5.75 Å². The molecule has 0 unspecified atom stereocenters. The van der Waals surface area contributed by atoms with Crippen molar-refractivity contribution in [3.05, 3.63) is 54.2 Å². The van der Waals surface area contributed by atoms with E-state index in [1.807, 2.05) is 18.2 Å². The summed E-state index contributed by atoms with van der Waals surface area (Å²) >= 11 is 0. The number of esters is 1. The van der Waals surface area contributed by atoms with Gasteiger partial charge in [0.25, 0.3) is 0 Å². The molecule has 0 bridgehead atoms. The number of carboxylic acids is 1. The van der Waals surface area contributed by atoms with Crippen LogP contribution in [0.4, 0.5) is 0 Å². The van der Waals surface area contributed by atoms with E-state index >= 15 is 0 Å². The van der Waals surface area contributed by atoms with E-state index in [1.165, 1.54) is 25.7 Å². The van der Waals surface area contributed by atoms with Gasteiger partial charge in [0, 0.05) is 18.0 Å². The van der Waals surface area contributed by atoms with Crippen LogP contribution in [0, 0.1) is 0 Å². The molecule has 3 rings (SSSR count). The fraction of sp³-hybridized carbons (Fsp3) is 0.158. The third kappa shape index (κ3) is 3.77. The number of carbonyl (C=O) groups is 2. The van der Waals surface area contributed by atoms with E-state index in [-0.39, 0.29) is 17.4 Å². The van der Waals surface area contributed by atoms with Crippen molar-refractivity contribution >= 4 is 22.8 Å². The zero-order chi connectivity index (χ0) is 19.3. The molecule has 1 heterocycles. The summed E-state index contributed by atoms with van der Waals surface area (Å²) in [7, 11) is 2.87. The highest BCUT2D eigenvalue weighted by molar-refractivity contribution is 6.02. The van der Waals surface area contributed by atoms with Crippen LogP contribution in [0.3, 0.4) is 0 Å². The van der Waals surface area contributed by atoms with Crippen LogP contribution in [0.5, 0.6) is 11.5 Å². The molecule has 0 spiro atoms. The highest BCUT2D eigenvalue weighted by Gasteiger charge is 2.23. The minimum Gasteiger partial charge on any atom is -0.505 e. The van der Waals surface area contributed by atoms with E-state index in [0.717, 1.165) is 0 Å². The summed E-state index contributed by atoms with van der Waals surface area (Å²) in [5.74, 6) is -1.14. The Hall–Kier alpha value is -3.48. The number of aromatic nitrogens is 1. The first-order valence-corrected chi connectivity index (χ1v) is 7.65. The quantitative estimate of drug-likeness (QED) is 0.699. The van der Waals surface area contributed by atoms with Crippen LogP contribution in [0.25, 0.3) is 16.6 Å². The number of ether oxygens (including phenoxy) is 2. The van der Waals surface area contributed by atoms with E-state index in [9.17, 15) is 19.8 Å². The molecule has 0 aliphatic rings. The number of hydrogen-bond donors (Lipinski definition) is 2. The van der Waals surface area contributed by atoms with Crippen LogP contribution in [-0.2, 0) is 9.53 Å². The normalized spacial score (nSPS) is 9.96. The minimum atomic E-state index is -1.19. The summed E-state index contributed by atoms with van der Waals surface area (Å²) in [6.45, 7) is 1.36. The summed E-state index contributed by atoms with van der Waals surface area (Å²) < 4.78 is 10.8. The molecule has 2 N–H and O–H groups in total. The van der Waals surface area contributed by atoms with E-state index in [0.29, 0.717) is 22.3 Å². The number of methoxy groups -OCH3 is 2. The molecule has 7 heteroatoms. The maximum atomic E-state index is 11.5. The number of fused-ring (bicyclic) bond motifs is 1. The van der Waals surface area contributed by atoms with Gasteiger partial charge in [-0.1, -0.05) is 18.2 Å². The second-order valence-electron chi connectivity index (χ2n) is 5.25. The topological polar surface area (TPSA) is 98.0 Å². The molecule has 1 aromatic heterocycles. The van der Waals surface area contributed by atoms with Crippen molar-refractivity contribution in [1.29, 1.82) is 0 Å². The Balaban J connectivity index is 0.000000431. The van der Waals surface area contributed by atoms with E-state index in [1.54, 1.807) is 30.3 Å². The second kappa shape index (κ2) is 8.06. The molecule has 0 fully saturated rings. The van der Waals surface area contributed by atoms with Crippen LogP contribution in [0.2, 0.25) is 0 Å². The number of para-hydroxylation sites is 1. The average molecular weight is 357 g/mol. The number of nitrogens with zero attached hydrogens (tertiary/aromatic N) is 1. The molecule has 2 aromatic carbocycles. The van der Waals surface area contributed by atoms with Gasteiger partial charge in [-0.3, -0.25) is 4.79 Å². The van der Waals surface area contributed by atoms with Gasteiger partial charge in [-0.25, -0.2) is 4.79 Å². The van der Waals surface area contributed by atoms with Gasteiger partial charge in [-0.15, -0.1) is 0 Å². The molecule has 0 radical (unpaired) electrons. The lowest BCUT2D eigenvalue weighted by Gasteiger charge is -2.08. The van der Waals surface area contributed by atoms with Crippen LogP contribution in [0.15, 0.2) is 48.5 Å². The first-order valence-electron chi connectivity index (χ1n) is 7.65. The molecule has 0 saturated heterocycles. The van der Waals surface area contributed by atoms with E-state index in [4.69, 9.17) is 4.74 Å². The first kappa shape index (κ1) is 18.9. The number of rotatable bonds is 3. The van der Waals surface area contributed by atoms with Crippen molar-refractivity contribution in [1.82, 2.24) is 4.57 Å². The molecule has 0 aliphatic heterocycles. The highest BCUT2D eigenvalue weighted by Crippen LogP contribution is 2.36. The summed E-state index contributed by atoms with van der Waals surface area (Å²) in [6.07, 6.45) is 0. The number of hydrogen-bond acceptors (Lipinski definition) is 5. The molecular weight excluding hydrogens is 338 g/mol. The second-order valence-corrected chi connectivity index (χ2v) is 5.25. The summed E-state index contributed by atoms with van der Waals surface area (Å²) in [5, 5.41) is 20.1. The number of carbonyl (C=O) groups excluding carboxylic acids is 1. The molecule has 7 nitrogen and oxygen atoms in total. The Labute approximate surface area is 150 Å². The number of benzene rings is 2. The third-order valence-electron chi connectivity index (χ3n) is 3.65. The standard InChI is InChI=1S/C16H13NO4.C3H6O2/c1-21-11-7-8-13-12(9-11)15(18)14(16(19)20)17(13)10-5-3-2-4-6-10;1-3(4)5-2/h2-9,18H,1H3,(H,19,20);1-2H3. The largest absolute Gasteiger partial charge is 0.505 e. The van der Waals surface area contributed by atoms with Gasteiger partial charge in [-0.2, -0.15) is 0 Å². The Bertz CT molecular complexity index is 930. The van der Waals surface area contributed by atoms with Crippen molar-refractivity contribution in [3.63, 3.8) is 0 Å². The molecule has 26 heavy (non-hydrogen) atoms. The lowest BCUT2D eigenvalue weighted by molar-refractivity contribution is -0.137. The molecule has 3 aromatic rings. The monoisotopic (exact) mass is 357 g/mol. The fourth-order valence-corrected chi connectivity index (χ4v) is 2.42. The van der Waals surface area contributed by atoms with Gasteiger partial charge in [0.2, 0.25) is 0 Å². The predicted octanol–water partition coefficient (Wildman–Crippen LogP) is 3.22. The van der Waals surface area contributed by atoms with Crippen LogP contribution < -0.4 is 4.74 Å². The molecule has 0 amide bonds. The van der Waals surface area contributed by atoms with Crippen molar-refractivity contribution < 1.29 is 29.3 Å². The number of aromatic hydroxyl groups is 1. The van der Waals surface area contributed by atoms with Crippen molar-refractivity contribution in [2.75, 3.05) is 14.2 Å². The Morgan fingerprint density at radius 2 is 1.65 bits per heavy atom. The third-order valence-corrected chi connectivity index (χ3v) is 3.65. The molecule has 0 aliphatic carbocycles. The van der Waals surface area contributed by atoms with Crippen LogP contribution in [0.1, 0.15) is 17.4 Å². The number of aromatic carboxylic acids is 1. The van der Waals surface area contributed by atoms with Crippen LogP contribution >= 0.6 is 0 Å². The van der Waals surface area contributed by atoms with Crippen molar-refractivity contribution in [2.45, 2.75) is 6.92 Å². The van der Waals surface area contributed by atoms with Gasteiger partial charge in [0.05, 0.1) is 19.7 Å². The maximum Gasteiger partial charge on any atom is 0.356 e. The minimum absolute atomic E-state index is 0.163. The SMILES string of the molecule is COC(C)=O.COc1ccc2c(c1)c(O)c(C(=O)O)n2-c1ccccc1. The molecule has 136 valence electrons. The van der Waals surface area contributed by atoms with Crippen molar-refractivity contribution in [3.8, 4) is 17.2 Å². The smallest absolute Gasteiger partial charge is 0.356 e. The Morgan fingerprint density at radius 1 is 1.04 bits per heavy atom. The first-order chi connectivity index (χ1) is 12.4. The Kier molecular flexibility index (Phi) is 5.85. The van der Waals surface area contributed by atoms with E-state index in [2.05, 4.69) is 4.74 Å². The molecule has 0 atom stereocenters. The van der Waals surface area contributed by atoms with Crippen LogP contribution in [-0.4, -0.2) is 40.9 Å². The van der Waals surface area contributed by atoms with Crippen molar-refractivity contribution in [2.24, 2.45) is 0 Å². The average Bonchev–Trinajstić information content (AvgIpc) is 2.95. The zero-order valence-corrected chi connectivity index (χ0v) is 14.6. The summed E-state index contributed by atoms with van der Waals surface area (Å²) in [6, 6.07) is 14.1. The lowest BCUT2D eigenvalue weighted by atomic mass is 10.2. The van der Waals surface area contributed by atoms with Gasteiger partial charge >= 0.3 is 11.9 Å². The highest BCUT2D eigenvalue weighted by atomic mass is 16.5. The van der Waals surface area contributed by atoms with Gasteiger partial charge in [0.15, 0.2) is 11.4 Å². The molecule has 0 saturated carbocycles. The Morgan fingerprint density at radius 3 is 2.15 bits per heavy atom. The van der Waals surface area contributed by atoms with Gasteiger partial charge < -0.3 is 24.3 Å². The fourth-order valence-electron chi connectivity index (χ4n) is 2.42. The maximum absolute atomic E-state index is 11.5. The number of carboxylic acid groups (broad SMARTS) is 1. The zero-order valence-electron chi connectivity index (χ0n) is 14.6. The summed E-state index contributed by atoms with van der Waals surface area (Å²) in [4.78, 5) is 21.1. The summed E-state index contributed by atoms with van der Waals surface area (Å²) in [5.41, 5.74) is 1.12.